The molecule has 0 atom stereocenters. The van der Waals surface area contributed by atoms with Crippen LogP contribution in [0.15, 0.2) is 0 Å². The molecule has 0 bridgehead atoms. The van der Waals surface area contributed by atoms with Gasteiger partial charge in [0.05, 0.1) is 6.61 Å². The fraction of sp³-hybridized carbons (Fsp3) is 0.857. The molecule has 2 heteroatoms. The average Bonchev–Trinajstić information content (AvgIpc) is 2.12. The van der Waals surface area contributed by atoms with Crippen molar-refractivity contribution in [2.75, 3.05) is 6.61 Å². The van der Waals surface area contributed by atoms with Gasteiger partial charge in [0.15, 0.2) is 0 Å². The van der Waals surface area contributed by atoms with E-state index >= 15 is 0 Å². The van der Waals surface area contributed by atoms with E-state index < -0.39 is 31.9 Å². The van der Waals surface area contributed by atoms with Gasteiger partial charge in [-0.2, -0.15) is 0 Å². The molecule has 0 aliphatic heterocycles. The zero-order valence-corrected chi connectivity index (χ0v) is 5.02. The quantitative estimate of drug-likeness (QED) is 0.555. The summed E-state index contributed by atoms with van der Waals surface area (Å²) < 4.78 is 69.0. The number of rotatable bonds is 3. The summed E-state index contributed by atoms with van der Waals surface area (Å²) in [5.41, 5.74) is 0. The van der Waals surface area contributed by atoms with Crippen LogP contribution in [0.2, 0.25) is 0 Å². The van der Waals surface area contributed by atoms with Crippen LogP contribution in [-0.2, 0) is 9.53 Å². The molecule has 0 N–H and O–H groups in total. The summed E-state index contributed by atoms with van der Waals surface area (Å²) in [6.07, 6.45) is -3.49. The van der Waals surface area contributed by atoms with Gasteiger partial charge in [-0.15, -0.1) is 0 Å². The summed E-state index contributed by atoms with van der Waals surface area (Å²) in [4.78, 5) is 11.4. The van der Waals surface area contributed by atoms with Crippen LogP contribution in [0.1, 0.15) is 39.3 Å². The van der Waals surface area contributed by atoms with Crippen LogP contribution in [0.25, 0.3) is 0 Å². The van der Waals surface area contributed by atoms with Gasteiger partial charge in [-0.05, 0) is 12.8 Å². The molecule has 0 spiro atoms. The van der Waals surface area contributed by atoms with Crippen molar-refractivity contribution >= 4 is 5.97 Å². The lowest BCUT2D eigenvalue weighted by Gasteiger charge is -2.02. The van der Waals surface area contributed by atoms with Gasteiger partial charge in [0.1, 0.15) is 0 Å². The molecule has 0 aliphatic carbocycles. The number of ether oxygens (including phenoxy) is 1. The maximum atomic E-state index is 11.4. The summed E-state index contributed by atoms with van der Waals surface area (Å²) in [6, 6.07) is 0. The Morgan fingerprint density at radius 2 is 2.67 bits per heavy atom. The van der Waals surface area contributed by atoms with Gasteiger partial charge >= 0.3 is 5.97 Å². The fourth-order valence-corrected chi connectivity index (χ4v) is 0.269. The van der Waals surface area contributed by atoms with Gasteiger partial charge in [-0.3, -0.25) is 4.79 Å². The van der Waals surface area contributed by atoms with E-state index in [1.165, 1.54) is 6.92 Å². The zero-order valence-electron chi connectivity index (χ0n) is 14.0. The van der Waals surface area contributed by atoms with E-state index in [9.17, 15) is 4.79 Å². The van der Waals surface area contributed by atoms with Gasteiger partial charge in [-0.1, -0.05) is 13.7 Å². The van der Waals surface area contributed by atoms with E-state index in [-0.39, 0.29) is 6.61 Å². The second-order valence-corrected chi connectivity index (χ2v) is 1.22. The Morgan fingerprint density at radius 3 is 3.11 bits per heavy atom. The summed E-state index contributed by atoms with van der Waals surface area (Å²) in [5.74, 6) is -5.27. The van der Waals surface area contributed by atoms with Gasteiger partial charge in [0, 0.05) is 18.7 Å². The molecule has 0 heterocycles. The van der Waals surface area contributed by atoms with Crippen LogP contribution in [0.5, 0.6) is 0 Å². The highest BCUT2D eigenvalue weighted by atomic mass is 16.5. The van der Waals surface area contributed by atoms with Crippen molar-refractivity contribution in [1.82, 2.24) is 0 Å². The van der Waals surface area contributed by atoms with Crippen molar-refractivity contribution in [2.24, 2.45) is 5.89 Å². The fourth-order valence-electron chi connectivity index (χ4n) is 0.269. The van der Waals surface area contributed by atoms with Crippen LogP contribution in [0.3, 0.4) is 0 Å². The summed E-state index contributed by atoms with van der Waals surface area (Å²) in [7, 11) is 0. The highest BCUT2D eigenvalue weighted by molar-refractivity contribution is 5.69. The van der Waals surface area contributed by atoms with Crippen molar-refractivity contribution in [3.05, 3.63) is 0 Å². The Labute approximate surface area is 68.8 Å². The third kappa shape index (κ3) is 5.34. The van der Waals surface area contributed by atoms with Crippen molar-refractivity contribution in [2.45, 2.75) is 27.0 Å². The normalized spacial score (nSPS) is 30.1. The summed E-state index contributed by atoms with van der Waals surface area (Å²) >= 11 is 0. The van der Waals surface area contributed by atoms with Crippen molar-refractivity contribution in [3.63, 3.8) is 0 Å². The van der Waals surface area contributed by atoms with Crippen LogP contribution in [-0.4, -0.2) is 12.6 Å². The number of hydrogen-bond acceptors (Lipinski definition) is 2. The van der Waals surface area contributed by atoms with Gasteiger partial charge < -0.3 is 4.74 Å². The topological polar surface area (TPSA) is 26.3 Å². The third-order valence-corrected chi connectivity index (χ3v) is 0.502. The monoisotopic (exact) mass is 139 g/mol. The van der Waals surface area contributed by atoms with Crippen molar-refractivity contribution in [3.8, 4) is 0 Å². The summed E-state index contributed by atoms with van der Waals surface area (Å²) in [6.45, 7) is -5.94. The molecule has 9 heavy (non-hydrogen) atoms. The second-order valence-electron chi connectivity index (χ2n) is 1.22. The smallest absolute Gasteiger partial charge is 0.306 e. The molecule has 0 radical (unpaired) electrons. The van der Waals surface area contributed by atoms with E-state index in [4.69, 9.17) is 12.3 Å². The first kappa shape index (κ1) is 1.74. The Morgan fingerprint density at radius 1 is 2.00 bits per heavy atom. The second kappa shape index (κ2) is 4.36. The molecule has 2 nitrogen and oxygen atoms in total. The van der Waals surface area contributed by atoms with E-state index in [1.54, 1.807) is 0 Å². The largest absolute Gasteiger partial charge is 0.466 e. The van der Waals surface area contributed by atoms with Crippen molar-refractivity contribution in [1.29, 1.82) is 0 Å². The first-order chi connectivity index (χ1) is 7.73. The van der Waals surface area contributed by atoms with Crippen molar-refractivity contribution < 1.29 is 21.9 Å². The van der Waals surface area contributed by atoms with E-state index in [1.807, 2.05) is 0 Å². The van der Waals surface area contributed by atoms with E-state index in [2.05, 4.69) is 4.74 Å². The molecule has 0 saturated carbocycles. The molecule has 0 saturated heterocycles. The molecule has 0 unspecified atom stereocenters. The molecule has 0 aliphatic rings. The maximum Gasteiger partial charge on any atom is 0.306 e. The molecule has 54 valence electrons. The lowest BCUT2D eigenvalue weighted by molar-refractivity contribution is -0.143. The maximum absolute atomic E-state index is 11.4. The van der Waals surface area contributed by atoms with Crippen LogP contribution in [0.4, 0.5) is 0 Å². The Kier molecular flexibility index (Phi) is 0.844. The van der Waals surface area contributed by atoms with Crippen LogP contribution >= 0.6 is 0 Å². The predicted molar refractivity (Wildman–Crippen MR) is 36.1 cm³/mol. The van der Waals surface area contributed by atoms with E-state index in [0.29, 0.717) is 0 Å². The lowest BCUT2D eigenvalue weighted by Crippen LogP contribution is -2.06. The van der Waals surface area contributed by atoms with Gasteiger partial charge in [-0.25, -0.2) is 0 Å². The number of esters is 1. The standard InChI is InChI=1S/C7H14O2/c1-4-9-7(8)5-6(2)3/h6H,4-5H2,1-3H3/i2D3,3D3,5D2,6D. The van der Waals surface area contributed by atoms with Crippen LogP contribution in [0, 0.1) is 5.89 Å². The molecule has 0 aromatic rings. The highest BCUT2D eigenvalue weighted by Crippen LogP contribution is 1.99. The van der Waals surface area contributed by atoms with Crippen LogP contribution < -0.4 is 0 Å². The minimum absolute atomic E-state index is 0.254. The first-order valence-corrected chi connectivity index (χ1v) is 2.40. The van der Waals surface area contributed by atoms with E-state index in [0.717, 1.165) is 0 Å². The Balaban J connectivity index is 5.84. The minimum atomic E-state index is -3.60. The lowest BCUT2D eigenvalue weighted by atomic mass is 10.1. The molecule has 0 rings (SSSR count). The molecular formula is C7H14O2. The SMILES string of the molecule is [2H]C([2H])([2H])C([2H])(C([2H])([2H])[2H])C([2H])([2H])C(=O)OCC. The predicted octanol–water partition coefficient (Wildman–Crippen LogP) is 1.60. The first-order valence-electron chi connectivity index (χ1n) is 6.90. The third-order valence-electron chi connectivity index (χ3n) is 0.502. The molecule has 0 aromatic carbocycles. The Bertz CT molecular complexity index is 302. The molecule has 0 fully saturated rings. The number of carbonyl (C=O) groups is 1. The van der Waals surface area contributed by atoms with Gasteiger partial charge in [0.2, 0.25) is 0 Å². The Hall–Kier alpha value is -0.530. The number of hydrogen-bond donors (Lipinski definition) is 0. The summed E-state index contributed by atoms with van der Waals surface area (Å²) in [5, 5.41) is 0. The van der Waals surface area contributed by atoms with Gasteiger partial charge in [0.25, 0.3) is 0 Å². The minimum Gasteiger partial charge on any atom is -0.466 e. The average molecular weight is 139 g/mol. The number of carbonyl (C=O) groups excluding carboxylic acids is 1. The zero-order chi connectivity index (χ0) is 15.0. The molecule has 0 aromatic heterocycles. The molecular weight excluding hydrogens is 116 g/mol. The highest BCUT2D eigenvalue weighted by Gasteiger charge is 2.03. The molecule has 0 amide bonds.